The predicted octanol–water partition coefficient (Wildman–Crippen LogP) is 5.61. The van der Waals surface area contributed by atoms with Gasteiger partial charge in [-0.05, 0) is 67.8 Å². The number of benzene rings is 2. The Morgan fingerprint density at radius 2 is 1.94 bits per heavy atom. The lowest BCUT2D eigenvalue weighted by Gasteiger charge is -2.36. The maximum absolute atomic E-state index is 13.7. The van der Waals surface area contributed by atoms with Gasteiger partial charge in [-0.25, -0.2) is 0 Å². The fourth-order valence-electron chi connectivity index (χ4n) is 5.22. The van der Waals surface area contributed by atoms with Gasteiger partial charge in [0.15, 0.2) is 11.5 Å². The molecule has 1 N–H and O–H groups in total. The van der Waals surface area contributed by atoms with Crippen LogP contribution in [0.2, 0.25) is 0 Å². The zero-order valence-corrected chi connectivity index (χ0v) is 20.8. The molecule has 0 aliphatic carbocycles. The topological polar surface area (TPSA) is 85.0 Å². The molecule has 7 nitrogen and oxygen atoms in total. The summed E-state index contributed by atoms with van der Waals surface area (Å²) in [4.78, 5) is 20.4. The second kappa shape index (κ2) is 10.0. The lowest BCUT2D eigenvalue weighted by atomic mass is 9.95. The maximum atomic E-state index is 13.7. The van der Waals surface area contributed by atoms with Crippen molar-refractivity contribution in [2.45, 2.75) is 38.8 Å². The Kier molecular flexibility index (Phi) is 6.65. The maximum Gasteiger partial charge on any atom is 0.200 e. The number of aromatic hydroxyl groups is 1. The summed E-state index contributed by atoms with van der Waals surface area (Å²) in [6.07, 6.45) is 6.92. The number of ether oxygens (including phenoxy) is 2. The van der Waals surface area contributed by atoms with Crippen LogP contribution in [-0.4, -0.2) is 35.8 Å². The van der Waals surface area contributed by atoms with Crippen LogP contribution in [0.25, 0.3) is 22.1 Å². The summed E-state index contributed by atoms with van der Waals surface area (Å²) < 4.78 is 17.0. The highest BCUT2D eigenvalue weighted by Crippen LogP contribution is 2.37. The number of phenolic OH excluding ortho intramolecular Hbond substituents is 1. The Labute approximate surface area is 209 Å². The molecule has 36 heavy (non-hydrogen) atoms. The van der Waals surface area contributed by atoms with E-state index in [1.807, 2.05) is 18.3 Å². The van der Waals surface area contributed by atoms with E-state index in [4.69, 9.17) is 13.9 Å². The molecule has 1 saturated heterocycles. The average Bonchev–Trinajstić information content (AvgIpc) is 2.91. The van der Waals surface area contributed by atoms with Crippen LogP contribution < -0.4 is 14.9 Å². The van der Waals surface area contributed by atoms with Crippen LogP contribution in [0.15, 0.2) is 64.1 Å². The van der Waals surface area contributed by atoms with E-state index in [0.29, 0.717) is 51.5 Å². The number of pyridine rings is 1. The number of aromatic nitrogens is 1. The number of rotatable bonds is 6. The molecule has 0 amide bonds. The lowest BCUT2D eigenvalue weighted by molar-refractivity contribution is 0.139. The largest absolute Gasteiger partial charge is 0.507 e. The molecule has 5 rings (SSSR count). The zero-order valence-electron chi connectivity index (χ0n) is 20.8. The van der Waals surface area contributed by atoms with Gasteiger partial charge in [-0.3, -0.25) is 14.7 Å². The molecule has 2 aromatic carbocycles. The van der Waals surface area contributed by atoms with Crippen molar-refractivity contribution in [1.29, 1.82) is 0 Å². The number of nitrogens with zero attached hydrogens (tertiary/aromatic N) is 2. The van der Waals surface area contributed by atoms with Gasteiger partial charge < -0.3 is 19.0 Å². The van der Waals surface area contributed by atoms with E-state index in [1.54, 1.807) is 51.6 Å². The SMILES string of the molecule is COc1ccc(-c2c(C)oc3c(CN4CCCC[C@H]4c4cccnc4)c(O)ccc3c2=O)cc1OC. The van der Waals surface area contributed by atoms with Crippen LogP contribution in [0.1, 0.15) is 42.2 Å². The summed E-state index contributed by atoms with van der Waals surface area (Å²) >= 11 is 0. The van der Waals surface area contributed by atoms with Crippen molar-refractivity contribution in [3.05, 3.63) is 82.0 Å². The van der Waals surface area contributed by atoms with E-state index >= 15 is 0 Å². The summed E-state index contributed by atoms with van der Waals surface area (Å²) in [5.41, 5.74) is 3.21. The van der Waals surface area contributed by atoms with Crippen LogP contribution in [-0.2, 0) is 6.54 Å². The Morgan fingerprint density at radius 3 is 2.69 bits per heavy atom. The molecule has 1 atom stereocenters. The highest BCUT2D eigenvalue weighted by Gasteiger charge is 2.27. The third kappa shape index (κ3) is 4.31. The second-order valence-electron chi connectivity index (χ2n) is 9.14. The summed E-state index contributed by atoms with van der Waals surface area (Å²) in [6, 6.07) is 12.8. The van der Waals surface area contributed by atoms with Gasteiger partial charge in [0, 0.05) is 25.0 Å². The first-order valence-corrected chi connectivity index (χ1v) is 12.2. The minimum Gasteiger partial charge on any atom is -0.507 e. The zero-order chi connectivity index (χ0) is 25.2. The highest BCUT2D eigenvalue weighted by atomic mass is 16.5. The predicted molar refractivity (Wildman–Crippen MR) is 139 cm³/mol. The highest BCUT2D eigenvalue weighted by molar-refractivity contribution is 5.87. The molecule has 0 radical (unpaired) electrons. The molecule has 1 aliphatic heterocycles. The fraction of sp³-hybridized carbons (Fsp3) is 0.310. The standard InChI is InChI=1S/C29H30N2O5/c1-18-27(19-9-12-25(34-2)26(15-19)35-3)28(33)21-10-11-24(32)22(29(21)36-18)17-31-14-5-4-8-23(31)20-7-6-13-30-16-20/h6-7,9-13,15-16,23,32H,4-5,8,14,17H2,1-3H3/t23-/m0/s1. The second-order valence-corrected chi connectivity index (χ2v) is 9.14. The number of hydrogen-bond acceptors (Lipinski definition) is 7. The van der Waals surface area contributed by atoms with Gasteiger partial charge >= 0.3 is 0 Å². The number of piperidine rings is 1. The molecule has 0 bridgehead atoms. The van der Waals surface area contributed by atoms with Crippen molar-refractivity contribution < 1.29 is 19.0 Å². The molecule has 7 heteroatoms. The van der Waals surface area contributed by atoms with E-state index in [0.717, 1.165) is 31.4 Å². The minimum atomic E-state index is -0.148. The molecule has 1 fully saturated rings. The van der Waals surface area contributed by atoms with Crippen LogP contribution in [0, 0.1) is 6.92 Å². The monoisotopic (exact) mass is 486 g/mol. The molecule has 186 valence electrons. The Bertz CT molecular complexity index is 1450. The van der Waals surface area contributed by atoms with E-state index in [-0.39, 0.29) is 17.2 Å². The quantitative estimate of drug-likeness (QED) is 0.379. The average molecular weight is 487 g/mol. The van der Waals surface area contributed by atoms with Crippen molar-refractivity contribution in [1.82, 2.24) is 9.88 Å². The minimum absolute atomic E-state index is 0.124. The molecule has 0 unspecified atom stereocenters. The Hall–Kier alpha value is -3.84. The number of aryl methyl sites for hydroxylation is 1. The van der Waals surface area contributed by atoms with E-state index in [2.05, 4.69) is 16.0 Å². The number of phenols is 1. The third-order valence-electron chi connectivity index (χ3n) is 7.03. The first kappa shape index (κ1) is 23.9. The van der Waals surface area contributed by atoms with E-state index in [1.165, 1.54) is 0 Å². The van der Waals surface area contributed by atoms with Crippen LogP contribution in [0.4, 0.5) is 0 Å². The fourth-order valence-corrected chi connectivity index (χ4v) is 5.22. The van der Waals surface area contributed by atoms with Gasteiger partial charge in [0.2, 0.25) is 5.43 Å². The first-order chi connectivity index (χ1) is 17.5. The number of hydrogen-bond donors (Lipinski definition) is 1. The summed E-state index contributed by atoms with van der Waals surface area (Å²) in [6.45, 7) is 3.14. The Balaban J connectivity index is 1.59. The van der Waals surface area contributed by atoms with E-state index < -0.39 is 0 Å². The number of methoxy groups -OCH3 is 2. The summed E-state index contributed by atoms with van der Waals surface area (Å²) in [7, 11) is 3.13. The molecule has 0 saturated carbocycles. The van der Waals surface area contributed by atoms with Crippen molar-refractivity contribution in [3.8, 4) is 28.4 Å². The molecule has 4 aromatic rings. The Morgan fingerprint density at radius 1 is 1.11 bits per heavy atom. The van der Waals surface area contributed by atoms with Gasteiger partial charge in [-0.2, -0.15) is 0 Å². The number of fused-ring (bicyclic) bond motifs is 1. The van der Waals surface area contributed by atoms with Gasteiger partial charge in [-0.15, -0.1) is 0 Å². The lowest BCUT2D eigenvalue weighted by Crippen LogP contribution is -2.33. The number of likely N-dealkylation sites (tertiary alicyclic amines) is 1. The first-order valence-electron chi connectivity index (χ1n) is 12.2. The van der Waals surface area contributed by atoms with Crippen LogP contribution in [0.3, 0.4) is 0 Å². The van der Waals surface area contributed by atoms with Crippen LogP contribution >= 0.6 is 0 Å². The molecule has 2 aromatic heterocycles. The molecule has 0 spiro atoms. The molecule has 1 aliphatic rings. The molecule has 3 heterocycles. The summed E-state index contributed by atoms with van der Waals surface area (Å²) in [5, 5.41) is 11.3. The smallest absolute Gasteiger partial charge is 0.200 e. The van der Waals surface area contributed by atoms with E-state index in [9.17, 15) is 9.90 Å². The normalized spacial score (nSPS) is 16.2. The van der Waals surface area contributed by atoms with Gasteiger partial charge in [0.05, 0.1) is 30.7 Å². The van der Waals surface area contributed by atoms with Crippen LogP contribution in [0.5, 0.6) is 17.2 Å². The third-order valence-corrected chi connectivity index (χ3v) is 7.03. The van der Waals surface area contributed by atoms with Crippen molar-refractivity contribution >= 4 is 11.0 Å². The molecular formula is C29H30N2O5. The van der Waals surface area contributed by atoms with Crippen molar-refractivity contribution in [2.75, 3.05) is 20.8 Å². The van der Waals surface area contributed by atoms with Crippen molar-refractivity contribution in [2.24, 2.45) is 0 Å². The van der Waals surface area contributed by atoms with Gasteiger partial charge in [-0.1, -0.05) is 18.6 Å². The van der Waals surface area contributed by atoms with Crippen molar-refractivity contribution in [3.63, 3.8) is 0 Å². The molecular weight excluding hydrogens is 456 g/mol. The summed E-state index contributed by atoms with van der Waals surface area (Å²) in [5.74, 6) is 1.72. The van der Waals surface area contributed by atoms with Gasteiger partial charge in [0.1, 0.15) is 17.1 Å². The van der Waals surface area contributed by atoms with Gasteiger partial charge in [0.25, 0.3) is 0 Å².